The van der Waals surface area contributed by atoms with Gasteiger partial charge in [-0.3, -0.25) is 9.36 Å². The lowest BCUT2D eigenvalue weighted by Crippen LogP contribution is -2.64. The van der Waals surface area contributed by atoms with Gasteiger partial charge in [-0.15, -0.1) is 0 Å². The molecule has 1 spiro atoms. The highest BCUT2D eigenvalue weighted by Crippen LogP contribution is 2.52. The number of amides is 3. The van der Waals surface area contributed by atoms with Gasteiger partial charge in [0.15, 0.2) is 0 Å². The summed E-state index contributed by atoms with van der Waals surface area (Å²) in [6, 6.07) is 10.9. The molecule has 0 radical (unpaired) electrons. The second-order valence-electron chi connectivity index (χ2n) is 13.6. The Morgan fingerprint density at radius 2 is 1.74 bits per heavy atom. The fraction of sp³-hybridized carbons (Fsp3) is 0.625. The molecule has 3 amide bonds. The van der Waals surface area contributed by atoms with E-state index in [0.29, 0.717) is 45.0 Å². The fourth-order valence-electron chi connectivity index (χ4n) is 6.97. The number of rotatable bonds is 4. The van der Waals surface area contributed by atoms with Gasteiger partial charge < -0.3 is 29.4 Å². The summed E-state index contributed by atoms with van der Waals surface area (Å²) in [4.78, 5) is 51.8. The number of piperidine rings is 1. The molecule has 3 fully saturated rings. The number of hydrogen-bond acceptors (Lipinski definition) is 7. The monoisotopic (exact) mass is 594 g/mol. The van der Waals surface area contributed by atoms with Gasteiger partial charge in [0.25, 0.3) is 5.56 Å². The first-order chi connectivity index (χ1) is 20.3. The van der Waals surface area contributed by atoms with Crippen LogP contribution in [-0.4, -0.2) is 99.5 Å². The summed E-state index contributed by atoms with van der Waals surface area (Å²) >= 11 is 0. The zero-order valence-electron chi connectivity index (χ0n) is 26.2. The first-order valence-corrected chi connectivity index (χ1v) is 15.4. The van der Waals surface area contributed by atoms with E-state index in [1.54, 1.807) is 9.80 Å². The zero-order chi connectivity index (χ0) is 31.0. The van der Waals surface area contributed by atoms with E-state index < -0.39 is 16.6 Å². The molecule has 1 aromatic heterocycles. The molecular weight excluding hydrogens is 548 g/mol. The van der Waals surface area contributed by atoms with Crippen LogP contribution in [0.15, 0.2) is 47.5 Å². The Hall–Kier alpha value is -3.60. The minimum Gasteiger partial charge on any atom is -0.444 e. The van der Waals surface area contributed by atoms with Crippen molar-refractivity contribution in [2.75, 3.05) is 51.7 Å². The minimum atomic E-state index is -1.14. The molecule has 1 aliphatic carbocycles. The van der Waals surface area contributed by atoms with Gasteiger partial charge in [0.2, 0.25) is 0 Å². The van der Waals surface area contributed by atoms with Gasteiger partial charge >= 0.3 is 12.1 Å². The van der Waals surface area contributed by atoms with Crippen LogP contribution >= 0.6 is 0 Å². The summed E-state index contributed by atoms with van der Waals surface area (Å²) in [6.07, 6.45) is 5.03. The Kier molecular flexibility index (Phi) is 8.48. The average molecular weight is 595 g/mol. The minimum absolute atomic E-state index is 0.0832. The van der Waals surface area contributed by atoms with Crippen LogP contribution < -0.4 is 10.5 Å². The van der Waals surface area contributed by atoms with Crippen molar-refractivity contribution in [1.82, 2.24) is 24.3 Å². The molecule has 11 nitrogen and oxygen atoms in total. The molecule has 2 atom stereocenters. The predicted molar refractivity (Wildman–Crippen MR) is 164 cm³/mol. The van der Waals surface area contributed by atoms with E-state index in [9.17, 15) is 19.5 Å². The van der Waals surface area contributed by atoms with Crippen molar-refractivity contribution in [3.63, 3.8) is 0 Å². The molecule has 5 rings (SSSR count). The summed E-state index contributed by atoms with van der Waals surface area (Å²) in [5.74, 6) is 0.573. The molecule has 2 aliphatic heterocycles. The number of aliphatic hydroxyl groups is 1. The smallest absolute Gasteiger partial charge is 0.410 e. The number of hydrogen-bond donors (Lipinski definition) is 1. The molecule has 43 heavy (non-hydrogen) atoms. The molecule has 2 aromatic rings. The third-order valence-corrected chi connectivity index (χ3v) is 9.32. The van der Waals surface area contributed by atoms with Crippen LogP contribution in [0.4, 0.5) is 15.4 Å². The number of benzene rings is 1. The maximum Gasteiger partial charge on any atom is 0.410 e. The Labute approximate surface area is 254 Å². The standard InChI is InChI=1S/C32H46N6O5/c1-30(2,3)43-29(41)35-17-18-38(25(20-35)24-11-7-6-8-12-24)28(40)36-16-15-32(42,31(21-36)13-9-10-14-31)22-37-23-33-26(34(4)5)19-27(37)39/h6-8,11-12,19,23,25,42H,9-10,13-18,20-22H2,1-5H3/t25-,32+/m0/s1. The highest BCUT2D eigenvalue weighted by Gasteiger charge is 2.56. The van der Waals surface area contributed by atoms with Crippen molar-refractivity contribution in [2.24, 2.45) is 5.41 Å². The van der Waals surface area contributed by atoms with Crippen molar-refractivity contribution in [3.05, 3.63) is 58.6 Å². The Morgan fingerprint density at radius 1 is 1.05 bits per heavy atom. The molecule has 234 valence electrons. The number of nitrogens with zero attached hydrogens (tertiary/aromatic N) is 6. The highest BCUT2D eigenvalue weighted by molar-refractivity contribution is 5.76. The van der Waals surface area contributed by atoms with Gasteiger partial charge in [0.1, 0.15) is 11.4 Å². The normalized spacial score (nSPS) is 23.9. The highest BCUT2D eigenvalue weighted by atomic mass is 16.6. The maximum absolute atomic E-state index is 14.3. The number of urea groups is 1. The van der Waals surface area contributed by atoms with Crippen LogP contribution in [-0.2, 0) is 11.3 Å². The SMILES string of the molecule is CN(C)c1cc(=O)n(C[C@]2(O)CCN(C(=O)N3CCN(C(=O)OC(C)(C)C)C[C@H]3c3ccccc3)CC23CCCC3)cn1. The zero-order valence-corrected chi connectivity index (χ0v) is 26.2. The number of carbonyl (C=O) groups excluding carboxylic acids is 2. The Balaban J connectivity index is 1.36. The fourth-order valence-corrected chi connectivity index (χ4v) is 6.97. The van der Waals surface area contributed by atoms with Crippen molar-refractivity contribution < 1.29 is 19.4 Å². The molecule has 11 heteroatoms. The topological polar surface area (TPSA) is 111 Å². The predicted octanol–water partition coefficient (Wildman–Crippen LogP) is 3.72. The number of anilines is 1. The van der Waals surface area contributed by atoms with Gasteiger partial charge in [0.05, 0.1) is 24.5 Å². The van der Waals surface area contributed by atoms with Gasteiger partial charge in [-0.2, -0.15) is 0 Å². The van der Waals surface area contributed by atoms with Crippen LogP contribution in [0.3, 0.4) is 0 Å². The quantitative estimate of drug-likeness (QED) is 0.574. The number of likely N-dealkylation sites (tertiary alicyclic amines) is 1. The van der Waals surface area contributed by atoms with E-state index in [4.69, 9.17) is 4.74 Å². The average Bonchev–Trinajstić information content (AvgIpc) is 3.44. The van der Waals surface area contributed by atoms with E-state index in [2.05, 4.69) is 4.98 Å². The molecule has 1 N–H and O–H groups in total. The summed E-state index contributed by atoms with van der Waals surface area (Å²) < 4.78 is 7.16. The molecule has 3 aliphatic rings. The largest absolute Gasteiger partial charge is 0.444 e. The number of ether oxygens (including phenoxy) is 1. The molecule has 1 saturated carbocycles. The number of carbonyl (C=O) groups is 2. The van der Waals surface area contributed by atoms with Crippen molar-refractivity contribution >= 4 is 17.9 Å². The van der Waals surface area contributed by atoms with Crippen molar-refractivity contribution in [2.45, 2.75) is 76.7 Å². The van der Waals surface area contributed by atoms with Crippen LogP contribution in [0, 0.1) is 5.41 Å². The second-order valence-corrected chi connectivity index (χ2v) is 13.6. The van der Waals surface area contributed by atoms with Gasteiger partial charge in [-0.1, -0.05) is 43.2 Å². The summed E-state index contributed by atoms with van der Waals surface area (Å²) in [5.41, 5.74) is -1.50. The first kappa shape index (κ1) is 30.8. The first-order valence-electron chi connectivity index (χ1n) is 15.4. The van der Waals surface area contributed by atoms with Crippen molar-refractivity contribution in [3.8, 4) is 0 Å². The van der Waals surface area contributed by atoms with E-state index in [0.717, 1.165) is 31.2 Å². The van der Waals surface area contributed by atoms with Crippen LogP contribution in [0.5, 0.6) is 0 Å². The van der Waals surface area contributed by atoms with Crippen LogP contribution in [0.1, 0.15) is 64.5 Å². The molecular formula is C32H46N6O5. The number of piperazine rings is 1. The third-order valence-electron chi connectivity index (χ3n) is 9.32. The lowest BCUT2D eigenvalue weighted by atomic mass is 9.66. The molecule has 1 aromatic carbocycles. The summed E-state index contributed by atoms with van der Waals surface area (Å²) in [6.45, 7) is 7.60. The third kappa shape index (κ3) is 6.37. The summed E-state index contributed by atoms with van der Waals surface area (Å²) in [7, 11) is 3.67. The van der Waals surface area contributed by atoms with Gasteiger partial charge in [-0.25, -0.2) is 14.6 Å². The maximum atomic E-state index is 14.3. The van der Waals surface area contributed by atoms with Gasteiger partial charge in [0, 0.05) is 58.3 Å². The molecule has 2 saturated heterocycles. The molecule has 0 unspecified atom stereocenters. The van der Waals surface area contributed by atoms with E-state index in [-0.39, 0.29) is 30.3 Å². The molecule has 0 bridgehead atoms. The summed E-state index contributed by atoms with van der Waals surface area (Å²) in [5, 5.41) is 12.2. The second kappa shape index (κ2) is 11.8. The van der Waals surface area contributed by atoms with Gasteiger partial charge in [-0.05, 0) is 45.6 Å². The molecule has 3 heterocycles. The van der Waals surface area contributed by atoms with E-state index in [1.807, 2.05) is 75.0 Å². The van der Waals surface area contributed by atoms with Crippen molar-refractivity contribution in [1.29, 1.82) is 0 Å². The van der Waals surface area contributed by atoms with E-state index in [1.165, 1.54) is 17.0 Å². The van der Waals surface area contributed by atoms with Crippen LogP contribution in [0.2, 0.25) is 0 Å². The lowest BCUT2D eigenvalue weighted by Gasteiger charge is -2.53. The van der Waals surface area contributed by atoms with Crippen LogP contribution in [0.25, 0.3) is 0 Å². The Bertz CT molecular complexity index is 1370. The van der Waals surface area contributed by atoms with E-state index >= 15 is 0 Å². The Morgan fingerprint density at radius 3 is 2.37 bits per heavy atom. The lowest BCUT2D eigenvalue weighted by molar-refractivity contribution is -0.137. The number of aromatic nitrogens is 2.